The number of unbranched alkanes of at least 4 members (excludes halogenated alkanes) is 2. The Morgan fingerprint density at radius 2 is 2.18 bits per heavy atom. The third kappa shape index (κ3) is 5.50. The van der Waals surface area contributed by atoms with E-state index in [1.165, 1.54) is 12.8 Å². The van der Waals surface area contributed by atoms with Gasteiger partial charge in [-0.1, -0.05) is 19.8 Å². The quantitative estimate of drug-likeness (QED) is 0.681. The van der Waals surface area contributed by atoms with Gasteiger partial charge >= 0.3 is 0 Å². The molecule has 1 heterocycles. The summed E-state index contributed by atoms with van der Waals surface area (Å²) in [6.45, 7) is 9.08. The molecular formula is C13H27N3O. The first-order chi connectivity index (χ1) is 8.25. The van der Waals surface area contributed by atoms with E-state index in [9.17, 15) is 4.79 Å². The van der Waals surface area contributed by atoms with E-state index in [2.05, 4.69) is 22.5 Å². The number of hydrogen-bond donors (Lipinski definition) is 2. The molecule has 2 N–H and O–H groups in total. The summed E-state index contributed by atoms with van der Waals surface area (Å²) in [4.78, 5) is 14.2. The van der Waals surface area contributed by atoms with Crippen LogP contribution < -0.4 is 10.6 Å². The molecule has 0 aromatic carbocycles. The van der Waals surface area contributed by atoms with Gasteiger partial charge in [0, 0.05) is 26.2 Å². The van der Waals surface area contributed by atoms with Crippen LogP contribution in [0.1, 0.15) is 39.5 Å². The van der Waals surface area contributed by atoms with E-state index in [1.807, 2.05) is 6.92 Å². The Morgan fingerprint density at radius 1 is 1.35 bits per heavy atom. The lowest BCUT2D eigenvalue weighted by Gasteiger charge is -2.26. The molecule has 0 aromatic heterocycles. The Bertz CT molecular complexity index is 213. The second-order valence-corrected chi connectivity index (χ2v) is 4.81. The number of amides is 1. The van der Waals surface area contributed by atoms with Gasteiger partial charge in [0.2, 0.25) is 5.91 Å². The fourth-order valence-corrected chi connectivity index (χ4v) is 2.15. The average molecular weight is 241 g/mol. The first-order valence-corrected chi connectivity index (χ1v) is 6.98. The van der Waals surface area contributed by atoms with Crippen LogP contribution in [-0.4, -0.2) is 49.6 Å². The van der Waals surface area contributed by atoms with Crippen molar-refractivity contribution in [3.05, 3.63) is 0 Å². The maximum Gasteiger partial charge on any atom is 0.237 e. The molecule has 0 aliphatic carbocycles. The van der Waals surface area contributed by atoms with Crippen LogP contribution in [0.2, 0.25) is 0 Å². The fourth-order valence-electron chi connectivity index (χ4n) is 2.15. The average Bonchev–Trinajstić information content (AvgIpc) is 2.62. The van der Waals surface area contributed by atoms with Gasteiger partial charge in [0.25, 0.3) is 0 Å². The smallest absolute Gasteiger partial charge is 0.237 e. The van der Waals surface area contributed by atoms with Gasteiger partial charge in [0.05, 0.1) is 6.04 Å². The summed E-state index contributed by atoms with van der Waals surface area (Å²) in [7, 11) is 0. The molecule has 0 saturated carbocycles. The van der Waals surface area contributed by atoms with Gasteiger partial charge in [0.15, 0.2) is 0 Å². The molecule has 4 nitrogen and oxygen atoms in total. The fraction of sp³-hybridized carbons (Fsp3) is 0.923. The van der Waals surface area contributed by atoms with Crippen LogP contribution in [0.5, 0.6) is 0 Å². The predicted molar refractivity (Wildman–Crippen MR) is 71.1 cm³/mol. The van der Waals surface area contributed by atoms with Gasteiger partial charge in [-0.2, -0.15) is 0 Å². The molecule has 1 aliphatic heterocycles. The standard InChI is InChI=1S/C13H27N3O/c1-3-4-5-8-15-13(17)12(2)16-10-6-7-14-9-11-16/h12,14H,3-11H2,1-2H3,(H,15,17). The highest BCUT2D eigenvalue weighted by atomic mass is 16.2. The minimum absolute atomic E-state index is 0.0107. The van der Waals surface area contributed by atoms with E-state index >= 15 is 0 Å². The van der Waals surface area contributed by atoms with Crippen LogP contribution in [0.15, 0.2) is 0 Å². The van der Waals surface area contributed by atoms with Crippen LogP contribution in [0, 0.1) is 0 Å². The zero-order valence-corrected chi connectivity index (χ0v) is 11.3. The van der Waals surface area contributed by atoms with Crippen molar-refractivity contribution < 1.29 is 4.79 Å². The van der Waals surface area contributed by atoms with Gasteiger partial charge in [-0.05, 0) is 26.3 Å². The molecule has 4 heteroatoms. The SMILES string of the molecule is CCCCCNC(=O)C(C)N1CCCNCC1. The van der Waals surface area contributed by atoms with Gasteiger partial charge in [-0.25, -0.2) is 0 Å². The third-order valence-electron chi connectivity index (χ3n) is 3.38. The van der Waals surface area contributed by atoms with Crippen molar-refractivity contribution in [2.45, 2.75) is 45.6 Å². The highest BCUT2D eigenvalue weighted by molar-refractivity contribution is 5.81. The zero-order chi connectivity index (χ0) is 12.5. The summed E-state index contributed by atoms with van der Waals surface area (Å²) in [6.07, 6.45) is 4.62. The molecule has 1 amide bonds. The Balaban J connectivity index is 2.24. The lowest BCUT2D eigenvalue weighted by molar-refractivity contribution is -0.125. The number of hydrogen-bond acceptors (Lipinski definition) is 3. The number of rotatable bonds is 6. The second kappa shape index (κ2) is 8.48. The highest BCUT2D eigenvalue weighted by Gasteiger charge is 2.21. The van der Waals surface area contributed by atoms with Crippen LogP contribution in [0.25, 0.3) is 0 Å². The van der Waals surface area contributed by atoms with Crippen molar-refractivity contribution in [2.75, 3.05) is 32.7 Å². The van der Waals surface area contributed by atoms with Crippen LogP contribution in [-0.2, 0) is 4.79 Å². The molecule has 0 spiro atoms. The number of nitrogens with one attached hydrogen (secondary N) is 2. The summed E-state index contributed by atoms with van der Waals surface area (Å²) < 4.78 is 0. The molecule has 100 valence electrons. The van der Waals surface area contributed by atoms with E-state index in [0.29, 0.717) is 0 Å². The van der Waals surface area contributed by atoms with Crippen LogP contribution in [0.4, 0.5) is 0 Å². The molecule has 1 atom stereocenters. The Hall–Kier alpha value is -0.610. The summed E-state index contributed by atoms with van der Waals surface area (Å²) in [5.74, 6) is 0.183. The molecule has 1 unspecified atom stereocenters. The lowest BCUT2D eigenvalue weighted by Crippen LogP contribution is -2.46. The number of carbonyl (C=O) groups excluding carboxylic acids is 1. The first-order valence-electron chi connectivity index (χ1n) is 6.98. The van der Waals surface area contributed by atoms with E-state index < -0.39 is 0 Å². The monoisotopic (exact) mass is 241 g/mol. The lowest BCUT2D eigenvalue weighted by atomic mass is 10.2. The van der Waals surface area contributed by atoms with Crippen molar-refractivity contribution in [1.29, 1.82) is 0 Å². The molecular weight excluding hydrogens is 214 g/mol. The molecule has 1 aliphatic rings. The summed E-state index contributed by atoms with van der Waals surface area (Å²) >= 11 is 0. The van der Waals surface area contributed by atoms with Crippen molar-refractivity contribution in [3.63, 3.8) is 0 Å². The molecule has 17 heavy (non-hydrogen) atoms. The summed E-state index contributed by atoms with van der Waals surface area (Å²) in [6, 6.07) is 0.0107. The molecule has 0 aromatic rings. The largest absolute Gasteiger partial charge is 0.355 e. The normalized spacial score (nSPS) is 19.6. The van der Waals surface area contributed by atoms with E-state index in [-0.39, 0.29) is 11.9 Å². The molecule has 0 bridgehead atoms. The number of carbonyl (C=O) groups is 1. The van der Waals surface area contributed by atoms with Crippen LogP contribution in [0.3, 0.4) is 0 Å². The van der Waals surface area contributed by atoms with Crippen LogP contribution >= 0.6 is 0 Å². The first kappa shape index (κ1) is 14.5. The van der Waals surface area contributed by atoms with E-state index in [0.717, 1.165) is 45.6 Å². The van der Waals surface area contributed by atoms with Gasteiger partial charge in [-0.15, -0.1) is 0 Å². The van der Waals surface area contributed by atoms with Crippen molar-refractivity contribution in [3.8, 4) is 0 Å². The molecule has 0 radical (unpaired) electrons. The Morgan fingerprint density at radius 3 is 2.94 bits per heavy atom. The van der Waals surface area contributed by atoms with E-state index in [1.54, 1.807) is 0 Å². The van der Waals surface area contributed by atoms with Crippen molar-refractivity contribution >= 4 is 5.91 Å². The highest BCUT2D eigenvalue weighted by Crippen LogP contribution is 2.03. The maximum absolute atomic E-state index is 11.9. The van der Waals surface area contributed by atoms with Gasteiger partial charge in [0.1, 0.15) is 0 Å². The zero-order valence-electron chi connectivity index (χ0n) is 11.3. The Kier molecular flexibility index (Phi) is 7.21. The predicted octanol–water partition coefficient (Wildman–Crippen LogP) is 0.977. The summed E-state index contributed by atoms with van der Waals surface area (Å²) in [5.41, 5.74) is 0. The molecule has 1 saturated heterocycles. The van der Waals surface area contributed by atoms with Crippen molar-refractivity contribution in [2.24, 2.45) is 0 Å². The van der Waals surface area contributed by atoms with E-state index in [4.69, 9.17) is 0 Å². The molecule has 1 rings (SSSR count). The van der Waals surface area contributed by atoms with Crippen molar-refractivity contribution in [1.82, 2.24) is 15.5 Å². The maximum atomic E-state index is 11.9. The summed E-state index contributed by atoms with van der Waals surface area (Å²) in [5, 5.41) is 6.39. The topological polar surface area (TPSA) is 44.4 Å². The molecule has 1 fully saturated rings. The second-order valence-electron chi connectivity index (χ2n) is 4.81. The number of nitrogens with zero attached hydrogens (tertiary/aromatic N) is 1. The minimum Gasteiger partial charge on any atom is -0.355 e. The minimum atomic E-state index is 0.0107. The Labute approximate surface area is 105 Å². The third-order valence-corrected chi connectivity index (χ3v) is 3.38. The van der Waals surface area contributed by atoms with Gasteiger partial charge in [-0.3, -0.25) is 9.69 Å². The van der Waals surface area contributed by atoms with Gasteiger partial charge < -0.3 is 10.6 Å².